The summed E-state index contributed by atoms with van der Waals surface area (Å²) < 4.78 is 14.5. The molecule has 4 heterocycles. The highest BCUT2D eigenvalue weighted by Gasteiger charge is 2.19. The largest absolute Gasteiger partial charge is 0.497 e. The van der Waals surface area contributed by atoms with Crippen LogP contribution < -0.4 is 9.47 Å². The molecule has 0 amide bonds. The van der Waals surface area contributed by atoms with Crippen LogP contribution in [0.4, 0.5) is 0 Å². The van der Waals surface area contributed by atoms with Crippen LogP contribution in [0.2, 0.25) is 0 Å². The molecular weight excluding hydrogens is 575 g/mol. The van der Waals surface area contributed by atoms with Crippen LogP contribution >= 0.6 is 34.0 Å². The molecule has 0 radical (unpaired) electrons. The Hall–Kier alpha value is -3.67. The lowest BCUT2D eigenvalue weighted by Gasteiger charge is -2.16. The van der Waals surface area contributed by atoms with Gasteiger partial charge in [0.1, 0.15) is 38.8 Å². The van der Waals surface area contributed by atoms with E-state index in [2.05, 4.69) is 32.8 Å². The van der Waals surface area contributed by atoms with Gasteiger partial charge in [-0.1, -0.05) is 63.3 Å². The summed E-state index contributed by atoms with van der Waals surface area (Å²) in [5, 5.41) is 9.31. The van der Waals surface area contributed by atoms with Crippen LogP contribution in [0.1, 0.15) is 55.2 Å². The maximum absolute atomic E-state index is 12.6. The number of carbonyl (C=O) groups is 1. The third-order valence-corrected chi connectivity index (χ3v) is 9.46. The van der Waals surface area contributed by atoms with E-state index in [9.17, 15) is 4.79 Å². The van der Waals surface area contributed by atoms with Crippen LogP contribution in [0.3, 0.4) is 0 Å². The van der Waals surface area contributed by atoms with Crippen molar-refractivity contribution >= 4 is 55.0 Å². The van der Waals surface area contributed by atoms with E-state index in [1.807, 2.05) is 52.5 Å². The van der Waals surface area contributed by atoms with Crippen molar-refractivity contribution in [3.63, 3.8) is 0 Å². The Morgan fingerprint density at radius 3 is 2.54 bits per heavy atom. The number of methoxy groups -OCH3 is 1. The summed E-state index contributed by atoms with van der Waals surface area (Å²) in [6.07, 6.45) is 3.32. The molecule has 0 unspecified atom stereocenters. The van der Waals surface area contributed by atoms with Gasteiger partial charge in [-0.25, -0.2) is 19.5 Å². The SMILES string of the molecule is CCc1nn2cc(-c3nc4cc(OC)cc(OCc5csc(-c6ccc(C(=O)CC(C)(C)C)cc6)n5)c4s3)nc2s1. The number of fused-ring (bicyclic) bond motifs is 2. The molecule has 4 aromatic heterocycles. The van der Waals surface area contributed by atoms with Gasteiger partial charge in [0, 0.05) is 35.1 Å². The number of carbonyl (C=O) groups excluding carboxylic acids is 1. The molecule has 6 rings (SSSR count). The molecule has 0 aliphatic carbocycles. The van der Waals surface area contributed by atoms with E-state index in [0.717, 1.165) is 59.1 Å². The lowest BCUT2D eigenvalue weighted by Crippen LogP contribution is -2.12. The van der Waals surface area contributed by atoms with Gasteiger partial charge >= 0.3 is 0 Å². The van der Waals surface area contributed by atoms with Crippen molar-refractivity contribution in [3.8, 4) is 32.8 Å². The number of hydrogen-bond acceptors (Lipinski definition) is 10. The molecule has 0 atom stereocenters. The van der Waals surface area contributed by atoms with Crippen LogP contribution in [-0.4, -0.2) is 37.5 Å². The summed E-state index contributed by atoms with van der Waals surface area (Å²) in [7, 11) is 1.63. The van der Waals surface area contributed by atoms with Crippen LogP contribution in [-0.2, 0) is 13.0 Å². The van der Waals surface area contributed by atoms with Crippen molar-refractivity contribution in [1.82, 2.24) is 24.6 Å². The Balaban J connectivity index is 1.20. The average molecular weight is 604 g/mol. The molecule has 0 fully saturated rings. The zero-order chi connectivity index (χ0) is 28.7. The first-order chi connectivity index (χ1) is 19.7. The number of aryl methyl sites for hydroxylation is 1. The van der Waals surface area contributed by atoms with E-state index in [0.29, 0.717) is 24.5 Å². The van der Waals surface area contributed by atoms with E-state index in [1.165, 1.54) is 11.3 Å². The highest BCUT2D eigenvalue weighted by atomic mass is 32.1. The first-order valence-electron chi connectivity index (χ1n) is 13.2. The highest BCUT2D eigenvalue weighted by molar-refractivity contribution is 7.22. The molecule has 8 nitrogen and oxygen atoms in total. The zero-order valence-corrected chi connectivity index (χ0v) is 25.9. The molecule has 0 aliphatic rings. The van der Waals surface area contributed by atoms with Crippen molar-refractivity contribution in [2.24, 2.45) is 5.41 Å². The fourth-order valence-corrected chi connectivity index (χ4v) is 6.93. The first kappa shape index (κ1) is 27.5. The summed E-state index contributed by atoms with van der Waals surface area (Å²) in [5.41, 5.74) is 4.06. The fraction of sp³-hybridized carbons (Fsp3) is 0.300. The summed E-state index contributed by atoms with van der Waals surface area (Å²) >= 11 is 4.68. The minimum Gasteiger partial charge on any atom is -0.497 e. The third kappa shape index (κ3) is 5.88. The topological polar surface area (TPSA) is 91.5 Å². The van der Waals surface area contributed by atoms with E-state index >= 15 is 0 Å². The van der Waals surface area contributed by atoms with Gasteiger partial charge in [-0.2, -0.15) is 5.10 Å². The molecule has 210 valence electrons. The summed E-state index contributed by atoms with van der Waals surface area (Å²) in [4.78, 5) is 27.8. The smallest absolute Gasteiger partial charge is 0.212 e. The standard InChI is InChI=1S/C30H29N5O3S3/c1-6-25-34-35-14-22(33-29(35)40-25)28-32-21-11-20(37-5)12-24(26(21)41-28)38-15-19-16-39-27(31-19)18-9-7-17(8-10-18)23(36)13-30(2,3)4/h7-12,14,16H,6,13,15H2,1-5H3. The maximum atomic E-state index is 12.6. The second-order valence-electron chi connectivity index (χ2n) is 10.9. The van der Waals surface area contributed by atoms with Crippen molar-refractivity contribution < 1.29 is 14.3 Å². The van der Waals surface area contributed by atoms with Crippen molar-refractivity contribution in [2.45, 2.75) is 47.1 Å². The number of hydrogen-bond donors (Lipinski definition) is 0. The van der Waals surface area contributed by atoms with E-state index in [-0.39, 0.29) is 11.2 Å². The Kier molecular flexibility index (Phi) is 7.35. The van der Waals surface area contributed by atoms with Crippen LogP contribution in [0.5, 0.6) is 11.5 Å². The fourth-order valence-electron chi connectivity index (χ4n) is 4.34. The number of nitrogens with zero attached hydrogens (tertiary/aromatic N) is 5. The van der Waals surface area contributed by atoms with Gasteiger partial charge < -0.3 is 9.47 Å². The lowest BCUT2D eigenvalue weighted by molar-refractivity contribution is 0.0940. The molecule has 0 bridgehead atoms. The lowest BCUT2D eigenvalue weighted by atomic mass is 9.88. The summed E-state index contributed by atoms with van der Waals surface area (Å²) in [6.45, 7) is 8.61. The number of ether oxygens (including phenoxy) is 2. The van der Waals surface area contributed by atoms with Gasteiger partial charge in [-0.3, -0.25) is 4.79 Å². The third-order valence-electron chi connectivity index (χ3n) is 6.34. The van der Waals surface area contributed by atoms with Gasteiger partial charge in [-0.15, -0.1) is 22.7 Å². The Morgan fingerprint density at radius 1 is 1.02 bits per heavy atom. The van der Waals surface area contributed by atoms with Gasteiger partial charge in [0.15, 0.2) is 5.78 Å². The summed E-state index contributed by atoms with van der Waals surface area (Å²) in [5.74, 6) is 1.51. The maximum Gasteiger partial charge on any atom is 0.212 e. The van der Waals surface area contributed by atoms with Gasteiger partial charge in [-0.05, 0) is 11.8 Å². The number of aromatic nitrogens is 5. The normalized spacial score (nSPS) is 11.9. The Bertz CT molecular complexity index is 1830. The van der Waals surface area contributed by atoms with Crippen LogP contribution in [0.15, 0.2) is 48.0 Å². The predicted octanol–water partition coefficient (Wildman–Crippen LogP) is 7.96. The van der Waals surface area contributed by atoms with Gasteiger partial charge in [0.25, 0.3) is 0 Å². The second kappa shape index (κ2) is 11.0. The number of Topliss-reactive ketones (excluding diaryl/α,β-unsaturated/α-hetero) is 1. The number of rotatable bonds is 9. The molecule has 0 saturated carbocycles. The van der Waals surface area contributed by atoms with E-state index in [1.54, 1.807) is 29.8 Å². The van der Waals surface area contributed by atoms with E-state index in [4.69, 9.17) is 24.4 Å². The molecule has 6 aromatic rings. The average Bonchev–Trinajstić information content (AvgIpc) is 3.73. The number of ketones is 1. The van der Waals surface area contributed by atoms with E-state index < -0.39 is 0 Å². The van der Waals surface area contributed by atoms with Crippen molar-refractivity contribution in [3.05, 3.63) is 64.2 Å². The monoisotopic (exact) mass is 603 g/mol. The second-order valence-corrected chi connectivity index (χ2v) is 13.8. The summed E-state index contributed by atoms with van der Waals surface area (Å²) in [6, 6.07) is 11.5. The Labute approximate surface area is 249 Å². The highest BCUT2D eigenvalue weighted by Crippen LogP contribution is 2.39. The van der Waals surface area contributed by atoms with Crippen LogP contribution in [0.25, 0.3) is 36.5 Å². The minimum atomic E-state index is -0.0402. The van der Waals surface area contributed by atoms with Gasteiger partial charge in [0.05, 0.1) is 29.2 Å². The number of imidazole rings is 1. The molecule has 2 aromatic carbocycles. The number of benzene rings is 2. The molecule has 0 saturated heterocycles. The predicted molar refractivity (Wildman–Crippen MR) is 166 cm³/mol. The van der Waals surface area contributed by atoms with Crippen molar-refractivity contribution in [2.75, 3.05) is 7.11 Å². The molecule has 11 heteroatoms. The molecular formula is C30H29N5O3S3. The number of thiazole rings is 2. The molecule has 0 spiro atoms. The Morgan fingerprint density at radius 2 is 1.83 bits per heavy atom. The molecule has 0 aliphatic heterocycles. The molecule has 41 heavy (non-hydrogen) atoms. The van der Waals surface area contributed by atoms with Crippen molar-refractivity contribution in [1.29, 1.82) is 0 Å². The first-order valence-corrected chi connectivity index (χ1v) is 15.8. The van der Waals surface area contributed by atoms with Crippen LogP contribution in [0, 0.1) is 5.41 Å². The quantitative estimate of drug-likeness (QED) is 0.155. The molecule has 0 N–H and O–H groups in total. The van der Waals surface area contributed by atoms with Gasteiger partial charge in [0.2, 0.25) is 4.96 Å². The minimum absolute atomic E-state index is 0.0402. The zero-order valence-electron chi connectivity index (χ0n) is 23.4.